The number of benzene rings is 3. The van der Waals surface area contributed by atoms with E-state index in [-0.39, 0.29) is 31.2 Å². The second-order valence-corrected chi connectivity index (χ2v) is 10.8. The van der Waals surface area contributed by atoms with Gasteiger partial charge in [0.05, 0.1) is 17.1 Å². The van der Waals surface area contributed by atoms with Crippen molar-refractivity contribution in [3.8, 4) is 5.75 Å². The molecule has 10 heteroatoms. The zero-order chi connectivity index (χ0) is 30.0. The molecule has 2 heterocycles. The zero-order valence-corrected chi connectivity index (χ0v) is 23.9. The molecule has 0 fully saturated rings. The number of carbonyl (C=O) groups excluding carboxylic acids is 3. The normalized spacial score (nSPS) is 16.0. The lowest BCUT2D eigenvalue weighted by molar-refractivity contribution is -0.145. The van der Waals surface area contributed by atoms with Crippen molar-refractivity contribution in [2.75, 3.05) is 6.61 Å². The molecule has 4 aromatic rings. The molecule has 0 aliphatic carbocycles. The van der Waals surface area contributed by atoms with E-state index >= 15 is 0 Å². The fourth-order valence-electron chi connectivity index (χ4n) is 5.60. The number of hydrogen-bond acceptors (Lipinski definition) is 7. The molecule has 2 amide bonds. The molecular formula is C32H35N5O5. The Kier molecular flexibility index (Phi) is 8.26. The number of ether oxygens (including phenoxy) is 1. The number of rotatable bonds is 8. The van der Waals surface area contributed by atoms with E-state index in [4.69, 9.17) is 10.5 Å². The topological polar surface area (TPSA) is 151 Å². The Hall–Kier alpha value is -4.70. The third-order valence-corrected chi connectivity index (χ3v) is 7.76. The van der Waals surface area contributed by atoms with E-state index in [1.165, 1.54) is 11.8 Å². The standard InChI is InChI=1S/C32H35N5O5/c1-18-12-23(39)13-19(2)24(18)15-25(33)32(41)37-16-22-9-5-4-8-21(22)14-29(37)31(40)36-28(17-42-20(3)38)30-34-26-10-6-7-11-27(26)35-30/h4-13,25,28-29,39H,14-17,33H2,1-3H3,(H,34,35)(H,36,40)/t25-,28-,29-/m0/s1. The van der Waals surface area contributed by atoms with Crippen LogP contribution in [0.4, 0.5) is 0 Å². The molecule has 5 N–H and O–H groups in total. The SMILES string of the molecule is CC(=O)OC[C@H](NC(=O)[C@@H]1Cc2ccccc2CN1C(=O)[C@@H](N)Cc1c(C)cc(O)cc1C)c1nc2ccccc2[nH]1. The first-order valence-electron chi connectivity index (χ1n) is 13.9. The van der Waals surface area contributed by atoms with E-state index in [2.05, 4.69) is 15.3 Å². The predicted octanol–water partition coefficient (Wildman–Crippen LogP) is 3.13. The van der Waals surface area contributed by atoms with Crippen LogP contribution in [0, 0.1) is 13.8 Å². The Balaban J connectivity index is 1.42. The smallest absolute Gasteiger partial charge is 0.302 e. The number of hydrogen-bond donors (Lipinski definition) is 4. The van der Waals surface area contributed by atoms with Crippen molar-refractivity contribution in [2.24, 2.45) is 5.73 Å². The van der Waals surface area contributed by atoms with Gasteiger partial charge in [-0.2, -0.15) is 0 Å². The summed E-state index contributed by atoms with van der Waals surface area (Å²) in [7, 11) is 0. The van der Waals surface area contributed by atoms with Gasteiger partial charge in [0.15, 0.2) is 0 Å². The number of H-pyrrole nitrogens is 1. The highest BCUT2D eigenvalue weighted by Gasteiger charge is 2.38. The van der Waals surface area contributed by atoms with E-state index < -0.39 is 30.0 Å². The van der Waals surface area contributed by atoms with Crippen molar-refractivity contribution in [1.82, 2.24) is 20.2 Å². The van der Waals surface area contributed by atoms with Gasteiger partial charge in [-0.3, -0.25) is 14.4 Å². The molecule has 10 nitrogen and oxygen atoms in total. The molecule has 0 radical (unpaired) electrons. The van der Waals surface area contributed by atoms with Crippen LogP contribution in [0.15, 0.2) is 60.7 Å². The van der Waals surface area contributed by atoms with Gasteiger partial charge in [0.1, 0.15) is 30.3 Å². The number of esters is 1. The molecule has 3 aromatic carbocycles. The largest absolute Gasteiger partial charge is 0.508 e. The Morgan fingerprint density at radius 3 is 2.45 bits per heavy atom. The summed E-state index contributed by atoms with van der Waals surface area (Å²) >= 11 is 0. The molecule has 0 bridgehead atoms. The van der Waals surface area contributed by atoms with Gasteiger partial charge in [-0.15, -0.1) is 0 Å². The van der Waals surface area contributed by atoms with E-state index in [1.807, 2.05) is 62.4 Å². The molecule has 0 saturated carbocycles. The maximum Gasteiger partial charge on any atom is 0.302 e. The summed E-state index contributed by atoms with van der Waals surface area (Å²) in [6, 6.07) is 15.9. The van der Waals surface area contributed by atoms with Gasteiger partial charge in [-0.1, -0.05) is 36.4 Å². The van der Waals surface area contributed by atoms with Crippen LogP contribution < -0.4 is 11.1 Å². The summed E-state index contributed by atoms with van der Waals surface area (Å²) < 4.78 is 5.28. The van der Waals surface area contributed by atoms with Crippen molar-refractivity contribution in [1.29, 1.82) is 0 Å². The molecule has 0 spiro atoms. The van der Waals surface area contributed by atoms with E-state index in [0.717, 1.165) is 33.3 Å². The van der Waals surface area contributed by atoms with Gasteiger partial charge in [-0.25, -0.2) is 4.98 Å². The number of aromatic amines is 1. The van der Waals surface area contributed by atoms with E-state index in [0.29, 0.717) is 17.8 Å². The summed E-state index contributed by atoms with van der Waals surface area (Å²) in [5.74, 6) is -0.642. The first-order chi connectivity index (χ1) is 20.1. The number of aromatic hydroxyl groups is 1. The lowest BCUT2D eigenvalue weighted by Gasteiger charge is -2.38. The number of nitrogens with one attached hydrogen (secondary N) is 2. The van der Waals surface area contributed by atoms with Crippen molar-refractivity contribution in [3.63, 3.8) is 0 Å². The minimum absolute atomic E-state index is 0.128. The van der Waals surface area contributed by atoms with Gasteiger partial charge >= 0.3 is 5.97 Å². The number of phenolic OH excluding ortho intramolecular Hbond substituents is 1. The number of fused-ring (bicyclic) bond motifs is 2. The van der Waals surface area contributed by atoms with E-state index in [1.54, 1.807) is 12.1 Å². The lowest BCUT2D eigenvalue weighted by atomic mass is 9.91. The molecular weight excluding hydrogens is 534 g/mol. The Morgan fingerprint density at radius 1 is 1.10 bits per heavy atom. The van der Waals surface area contributed by atoms with Crippen LogP contribution in [0.1, 0.15) is 46.6 Å². The molecule has 218 valence electrons. The molecule has 1 aromatic heterocycles. The average molecular weight is 570 g/mol. The van der Waals surface area contributed by atoms with Gasteiger partial charge in [0.2, 0.25) is 11.8 Å². The minimum Gasteiger partial charge on any atom is -0.508 e. The van der Waals surface area contributed by atoms with E-state index in [9.17, 15) is 19.5 Å². The zero-order valence-electron chi connectivity index (χ0n) is 23.9. The average Bonchev–Trinajstić information content (AvgIpc) is 3.40. The molecule has 1 aliphatic heterocycles. The second kappa shape index (κ2) is 12.0. The number of nitrogens with zero attached hydrogens (tertiary/aromatic N) is 2. The van der Waals surface area contributed by atoms with Gasteiger partial charge < -0.3 is 30.8 Å². The molecule has 0 unspecified atom stereocenters. The number of amides is 2. The summed E-state index contributed by atoms with van der Waals surface area (Å²) in [5.41, 5.74) is 12.5. The van der Waals surface area contributed by atoms with Crippen molar-refractivity contribution in [3.05, 3.63) is 94.3 Å². The fraction of sp³-hybridized carbons (Fsp3) is 0.312. The van der Waals surface area contributed by atoms with Crippen LogP contribution in [-0.2, 0) is 38.5 Å². The summed E-state index contributed by atoms with van der Waals surface area (Å²) in [6.45, 7) is 5.14. The first kappa shape index (κ1) is 28.8. The summed E-state index contributed by atoms with van der Waals surface area (Å²) in [5, 5.41) is 12.9. The third kappa shape index (κ3) is 6.13. The highest BCUT2D eigenvalue weighted by Crippen LogP contribution is 2.27. The maximum absolute atomic E-state index is 13.9. The Bertz CT molecular complexity index is 1590. The highest BCUT2D eigenvalue weighted by molar-refractivity contribution is 5.91. The maximum atomic E-state index is 13.9. The van der Waals surface area contributed by atoms with Crippen molar-refractivity contribution in [2.45, 2.75) is 58.3 Å². The van der Waals surface area contributed by atoms with Crippen LogP contribution in [-0.4, -0.2) is 56.4 Å². The van der Waals surface area contributed by atoms with Gasteiger partial charge in [0.25, 0.3) is 0 Å². The van der Waals surface area contributed by atoms with Crippen LogP contribution in [0.25, 0.3) is 11.0 Å². The number of aryl methyl sites for hydroxylation is 2. The van der Waals surface area contributed by atoms with Crippen LogP contribution in [0.3, 0.4) is 0 Å². The van der Waals surface area contributed by atoms with Gasteiger partial charge in [-0.05, 0) is 72.4 Å². The highest BCUT2D eigenvalue weighted by atomic mass is 16.5. The Morgan fingerprint density at radius 2 is 1.76 bits per heavy atom. The molecule has 42 heavy (non-hydrogen) atoms. The first-order valence-corrected chi connectivity index (χ1v) is 13.9. The van der Waals surface area contributed by atoms with Crippen LogP contribution in [0.5, 0.6) is 5.75 Å². The monoisotopic (exact) mass is 569 g/mol. The quantitative estimate of drug-likeness (QED) is 0.238. The Labute approximate surface area is 243 Å². The number of imidazole rings is 1. The second-order valence-electron chi connectivity index (χ2n) is 10.8. The number of nitrogens with two attached hydrogens (primary N) is 1. The molecule has 3 atom stereocenters. The number of phenols is 1. The van der Waals surface area contributed by atoms with Crippen LogP contribution >= 0.6 is 0 Å². The van der Waals surface area contributed by atoms with Gasteiger partial charge in [0, 0.05) is 19.9 Å². The number of carbonyl (C=O) groups is 3. The lowest BCUT2D eigenvalue weighted by Crippen LogP contribution is -2.57. The molecule has 1 aliphatic rings. The molecule has 5 rings (SSSR count). The third-order valence-electron chi connectivity index (χ3n) is 7.76. The van der Waals surface area contributed by atoms with Crippen LogP contribution in [0.2, 0.25) is 0 Å². The minimum atomic E-state index is -0.903. The van der Waals surface area contributed by atoms with Crippen molar-refractivity contribution < 1.29 is 24.2 Å². The summed E-state index contributed by atoms with van der Waals surface area (Å²) in [6.07, 6.45) is 0.565. The number of para-hydroxylation sites is 2. The predicted molar refractivity (Wildman–Crippen MR) is 157 cm³/mol. The number of aromatic nitrogens is 2. The van der Waals surface area contributed by atoms with Crippen molar-refractivity contribution >= 4 is 28.8 Å². The summed E-state index contributed by atoms with van der Waals surface area (Å²) in [4.78, 5) is 48.8. The fourth-order valence-corrected chi connectivity index (χ4v) is 5.60. The molecule has 0 saturated heterocycles.